The molecule has 0 aromatic heterocycles. The van der Waals surface area contributed by atoms with E-state index in [0.717, 1.165) is 17.5 Å². The number of hydrogen-bond donors (Lipinski definition) is 1. The van der Waals surface area contributed by atoms with Gasteiger partial charge in [0.15, 0.2) is 0 Å². The van der Waals surface area contributed by atoms with E-state index in [9.17, 15) is 9.59 Å². The van der Waals surface area contributed by atoms with Gasteiger partial charge in [0, 0.05) is 13.0 Å². The van der Waals surface area contributed by atoms with Gasteiger partial charge in [0.2, 0.25) is 0 Å². The van der Waals surface area contributed by atoms with E-state index in [-0.39, 0.29) is 5.97 Å². The van der Waals surface area contributed by atoms with Gasteiger partial charge in [-0.3, -0.25) is 4.79 Å². The molecule has 0 aliphatic rings. The highest BCUT2D eigenvalue weighted by molar-refractivity contribution is 5.69. The average Bonchev–Trinajstić information content (AvgIpc) is 2.44. The minimum Gasteiger partial charge on any atom is -0.469 e. The van der Waals surface area contributed by atoms with E-state index < -0.39 is 11.7 Å². The second-order valence-corrected chi connectivity index (χ2v) is 6.07. The van der Waals surface area contributed by atoms with Gasteiger partial charge in [0.1, 0.15) is 5.60 Å². The second kappa shape index (κ2) is 8.41. The van der Waals surface area contributed by atoms with Crippen LogP contribution in [0.3, 0.4) is 0 Å². The standard InChI is InChI=1S/C17H25NO4/c1-17(2,3)22-16(20)18-12-11-14-7-5-13(6-8-14)9-10-15(19)21-4/h5-8H,9-12H2,1-4H3,(H,18,20). The summed E-state index contributed by atoms with van der Waals surface area (Å²) in [6.45, 7) is 6.02. The van der Waals surface area contributed by atoms with Crippen molar-refractivity contribution in [2.75, 3.05) is 13.7 Å². The lowest BCUT2D eigenvalue weighted by Gasteiger charge is -2.19. The molecule has 5 nitrogen and oxygen atoms in total. The van der Waals surface area contributed by atoms with E-state index >= 15 is 0 Å². The zero-order valence-corrected chi connectivity index (χ0v) is 13.8. The molecule has 0 heterocycles. The van der Waals surface area contributed by atoms with Crippen molar-refractivity contribution in [3.05, 3.63) is 35.4 Å². The molecule has 0 fully saturated rings. The van der Waals surface area contributed by atoms with E-state index in [1.807, 2.05) is 45.0 Å². The fraction of sp³-hybridized carbons (Fsp3) is 0.529. The van der Waals surface area contributed by atoms with Crippen molar-refractivity contribution in [2.45, 2.75) is 45.6 Å². The van der Waals surface area contributed by atoms with Gasteiger partial charge in [-0.1, -0.05) is 24.3 Å². The van der Waals surface area contributed by atoms with Crippen molar-refractivity contribution >= 4 is 12.1 Å². The molecule has 0 saturated heterocycles. The second-order valence-electron chi connectivity index (χ2n) is 6.07. The summed E-state index contributed by atoms with van der Waals surface area (Å²) in [7, 11) is 1.39. The Morgan fingerprint density at radius 2 is 1.59 bits per heavy atom. The Hall–Kier alpha value is -2.04. The third kappa shape index (κ3) is 7.67. The first-order chi connectivity index (χ1) is 10.3. The number of benzene rings is 1. The summed E-state index contributed by atoms with van der Waals surface area (Å²) in [5.74, 6) is -0.203. The Labute approximate surface area is 132 Å². The first-order valence-corrected chi connectivity index (χ1v) is 7.41. The lowest BCUT2D eigenvalue weighted by Crippen LogP contribution is -2.33. The number of methoxy groups -OCH3 is 1. The van der Waals surface area contributed by atoms with Crippen molar-refractivity contribution in [3.63, 3.8) is 0 Å². The van der Waals surface area contributed by atoms with Gasteiger partial charge in [-0.15, -0.1) is 0 Å². The van der Waals surface area contributed by atoms with E-state index in [1.54, 1.807) is 0 Å². The summed E-state index contributed by atoms with van der Waals surface area (Å²) in [5.41, 5.74) is 1.73. The SMILES string of the molecule is COC(=O)CCc1ccc(CCNC(=O)OC(C)(C)C)cc1. The van der Waals surface area contributed by atoms with E-state index in [1.165, 1.54) is 7.11 Å². The lowest BCUT2D eigenvalue weighted by molar-refractivity contribution is -0.140. The Morgan fingerprint density at radius 1 is 1.05 bits per heavy atom. The van der Waals surface area contributed by atoms with Gasteiger partial charge in [-0.2, -0.15) is 0 Å². The summed E-state index contributed by atoms with van der Waals surface area (Å²) >= 11 is 0. The number of hydrogen-bond acceptors (Lipinski definition) is 4. The Morgan fingerprint density at radius 3 is 2.09 bits per heavy atom. The molecular weight excluding hydrogens is 282 g/mol. The predicted molar refractivity (Wildman–Crippen MR) is 84.7 cm³/mol. The molecule has 22 heavy (non-hydrogen) atoms. The largest absolute Gasteiger partial charge is 0.469 e. The number of carbonyl (C=O) groups is 2. The molecule has 0 bridgehead atoms. The topological polar surface area (TPSA) is 64.6 Å². The van der Waals surface area contributed by atoms with Crippen LogP contribution in [-0.2, 0) is 27.1 Å². The maximum absolute atomic E-state index is 11.5. The minimum atomic E-state index is -0.481. The maximum Gasteiger partial charge on any atom is 0.407 e. The van der Waals surface area contributed by atoms with Crippen LogP contribution in [0.15, 0.2) is 24.3 Å². The molecule has 1 amide bonds. The summed E-state index contributed by atoms with van der Waals surface area (Å²) in [6.07, 6.45) is 1.39. The van der Waals surface area contributed by atoms with Crippen LogP contribution in [0.5, 0.6) is 0 Å². The third-order valence-corrected chi connectivity index (χ3v) is 2.95. The number of rotatable bonds is 6. The molecule has 122 valence electrons. The van der Waals surface area contributed by atoms with Crippen LogP contribution in [0.2, 0.25) is 0 Å². The van der Waals surface area contributed by atoms with Crippen LogP contribution in [-0.4, -0.2) is 31.3 Å². The van der Waals surface area contributed by atoms with Crippen molar-refractivity contribution in [2.24, 2.45) is 0 Å². The van der Waals surface area contributed by atoms with Crippen molar-refractivity contribution in [1.29, 1.82) is 0 Å². The summed E-state index contributed by atoms with van der Waals surface area (Å²) in [6, 6.07) is 7.99. The number of amides is 1. The summed E-state index contributed by atoms with van der Waals surface area (Å²) < 4.78 is 9.78. The highest BCUT2D eigenvalue weighted by Crippen LogP contribution is 2.09. The zero-order valence-electron chi connectivity index (χ0n) is 13.8. The quantitative estimate of drug-likeness (QED) is 0.821. The fourth-order valence-corrected chi connectivity index (χ4v) is 1.84. The monoisotopic (exact) mass is 307 g/mol. The maximum atomic E-state index is 11.5. The summed E-state index contributed by atoms with van der Waals surface area (Å²) in [5, 5.41) is 2.73. The van der Waals surface area contributed by atoms with E-state index in [2.05, 4.69) is 10.1 Å². The van der Waals surface area contributed by atoms with Crippen molar-refractivity contribution in [1.82, 2.24) is 5.32 Å². The smallest absolute Gasteiger partial charge is 0.407 e. The molecule has 0 spiro atoms. The van der Waals surface area contributed by atoms with Crippen LogP contribution >= 0.6 is 0 Å². The van der Waals surface area contributed by atoms with Crippen LogP contribution in [0, 0.1) is 0 Å². The minimum absolute atomic E-state index is 0.203. The Kier molecular flexibility index (Phi) is 6.89. The highest BCUT2D eigenvalue weighted by Gasteiger charge is 2.15. The van der Waals surface area contributed by atoms with Crippen molar-refractivity contribution in [3.8, 4) is 0 Å². The lowest BCUT2D eigenvalue weighted by atomic mass is 10.1. The van der Waals surface area contributed by atoms with Gasteiger partial charge >= 0.3 is 12.1 Å². The average molecular weight is 307 g/mol. The van der Waals surface area contributed by atoms with Gasteiger partial charge in [0.05, 0.1) is 7.11 Å². The highest BCUT2D eigenvalue weighted by atomic mass is 16.6. The predicted octanol–water partition coefficient (Wildman–Crippen LogP) is 2.86. The van der Waals surface area contributed by atoms with E-state index in [0.29, 0.717) is 19.4 Å². The molecular formula is C17H25NO4. The number of aryl methyl sites for hydroxylation is 1. The number of esters is 1. The molecule has 0 atom stereocenters. The molecule has 1 aromatic rings. The Bertz CT molecular complexity index is 488. The van der Waals surface area contributed by atoms with Crippen LogP contribution < -0.4 is 5.32 Å². The molecule has 5 heteroatoms. The number of nitrogens with one attached hydrogen (secondary N) is 1. The normalized spacial score (nSPS) is 10.9. The third-order valence-electron chi connectivity index (χ3n) is 2.95. The first-order valence-electron chi connectivity index (χ1n) is 7.41. The molecule has 0 aliphatic heterocycles. The fourth-order valence-electron chi connectivity index (χ4n) is 1.84. The molecule has 0 unspecified atom stereocenters. The van der Waals surface area contributed by atoms with E-state index in [4.69, 9.17) is 4.74 Å². The molecule has 0 radical (unpaired) electrons. The number of alkyl carbamates (subject to hydrolysis) is 1. The summed E-state index contributed by atoms with van der Waals surface area (Å²) in [4.78, 5) is 22.6. The van der Waals surface area contributed by atoms with Crippen molar-refractivity contribution < 1.29 is 19.1 Å². The zero-order chi connectivity index (χ0) is 16.6. The first kappa shape index (κ1) is 18.0. The Balaban J connectivity index is 2.32. The van der Waals surface area contributed by atoms with Gasteiger partial charge in [-0.25, -0.2) is 4.79 Å². The van der Waals surface area contributed by atoms with Gasteiger partial charge in [0.25, 0.3) is 0 Å². The molecule has 1 rings (SSSR count). The number of ether oxygens (including phenoxy) is 2. The molecule has 0 saturated carbocycles. The molecule has 1 aromatic carbocycles. The molecule has 1 N–H and O–H groups in total. The van der Waals surface area contributed by atoms with Crippen LogP contribution in [0.4, 0.5) is 4.79 Å². The van der Waals surface area contributed by atoms with Crippen LogP contribution in [0.1, 0.15) is 38.3 Å². The number of carbonyl (C=O) groups excluding carboxylic acids is 2. The van der Waals surface area contributed by atoms with Crippen LogP contribution in [0.25, 0.3) is 0 Å². The van der Waals surface area contributed by atoms with Gasteiger partial charge < -0.3 is 14.8 Å². The van der Waals surface area contributed by atoms with Gasteiger partial charge in [-0.05, 0) is 44.7 Å². The molecule has 0 aliphatic carbocycles.